The highest BCUT2D eigenvalue weighted by atomic mass is 32.2. The number of carboxylic acids is 1. The molecule has 3 aromatic carbocycles. The Balaban J connectivity index is 1.68. The van der Waals surface area contributed by atoms with E-state index in [1.54, 1.807) is 6.07 Å². The summed E-state index contributed by atoms with van der Waals surface area (Å²) in [5.74, 6) is -3.59. The zero-order valence-corrected chi connectivity index (χ0v) is 32.9. The smallest absolute Gasteiger partial charge is 0.326 e. The summed E-state index contributed by atoms with van der Waals surface area (Å²) in [7, 11) is -3.84. The van der Waals surface area contributed by atoms with E-state index < -0.39 is 51.4 Å². The molecule has 2 atom stereocenters. The van der Waals surface area contributed by atoms with Crippen molar-refractivity contribution in [2.24, 2.45) is 11.3 Å². The zero-order valence-electron chi connectivity index (χ0n) is 31.3. The molecule has 2 amide bonds. The van der Waals surface area contributed by atoms with Crippen LogP contribution in [0.1, 0.15) is 90.5 Å². The van der Waals surface area contributed by atoms with Crippen LogP contribution in [0.3, 0.4) is 0 Å². The maximum atomic E-state index is 14.4. The minimum Gasteiger partial charge on any atom is -0.508 e. The lowest BCUT2D eigenvalue weighted by Gasteiger charge is -2.37. The van der Waals surface area contributed by atoms with E-state index in [1.807, 2.05) is 50.4 Å². The number of benzene rings is 3. The largest absolute Gasteiger partial charge is 0.508 e. The number of carboxylic acid groups (broad SMARTS) is 1. The summed E-state index contributed by atoms with van der Waals surface area (Å²) in [4.78, 5) is 47.5. The van der Waals surface area contributed by atoms with Gasteiger partial charge in [0, 0.05) is 30.1 Å². The average molecular weight is 768 g/mol. The molecule has 0 saturated carbocycles. The summed E-state index contributed by atoms with van der Waals surface area (Å²) >= 11 is 1.34. The number of aromatic hydroxyl groups is 1. The number of hydroxylamine groups is 1. The van der Waals surface area contributed by atoms with E-state index in [0.717, 1.165) is 44.2 Å². The van der Waals surface area contributed by atoms with Crippen LogP contribution in [-0.2, 0) is 24.2 Å². The number of hydrogen-bond acceptors (Lipinski definition) is 9. The SMILES string of the molecule is CCCCC1(CCCC)CN(c2ccccc2)c2cc(SC)c(ONC(=O)CC(C(=O)NC(CC(C)C)C(=O)O)c3ccc(O)cc3)cc2S(=O)(=O)C1. The Kier molecular flexibility index (Phi) is 14.6. The van der Waals surface area contributed by atoms with Crippen molar-refractivity contribution in [1.29, 1.82) is 0 Å². The molecule has 4 N–H and O–H groups in total. The minimum absolute atomic E-state index is 0.0144. The molecule has 0 spiro atoms. The number of rotatable bonds is 18. The van der Waals surface area contributed by atoms with Gasteiger partial charge < -0.3 is 25.3 Å². The molecule has 53 heavy (non-hydrogen) atoms. The summed E-state index contributed by atoms with van der Waals surface area (Å²) < 4.78 is 28.9. The van der Waals surface area contributed by atoms with E-state index in [-0.39, 0.29) is 34.5 Å². The molecule has 11 nitrogen and oxygen atoms in total. The van der Waals surface area contributed by atoms with Crippen molar-refractivity contribution in [1.82, 2.24) is 10.8 Å². The number of aliphatic carboxylic acids is 1. The number of fused-ring (bicyclic) bond motifs is 1. The van der Waals surface area contributed by atoms with Crippen LogP contribution in [0.2, 0.25) is 0 Å². The van der Waals surface area contributed by atoms with Crippen LogP contribution in [0.4, 0.5) is 11.4 Å². The fourth-order valence-corrected chi connectivity index (χ4v) is 9.57. The minimum atomic E-state index is -3.84. The predicted octanol–water partition coefficient (Wildman–Crippen LogP) is 7.61. The molecule has 0 aromatic heterocycles. The van der Waals surface area contributed by atoms with Gasteiger partial charge in [0.05, 0.1) is 27.1 Å². The van der Waals surface area contributed by atoms with E-state index in [2.05, 4.69) is 29.5 Å². The highest BCUT2D eigenvalue weighted by Gasteiger charge is 2.42. The molecule has 288 valence electrons. The lowest BCUT2D eigenvalue weighted by Crippen LogP contribution is -2.44. The molecule has 2 unspecified atom stereocenters. The molecule has 0 radical (unpaired) electrons. The number of nitrogens with one attached hydrogen (secondary N) is 2. The molecule has 0 saturated heterocycles. The van der Waals surface area contributed by atoms with Gasteiger partial charge in [-0.1, -0.05) is 83.7 Å². The normalized spacial score (nSPS) is 15.8. The average Bonchev–Trinajstić information content (AvgIpc) is 3.22. The fourth-order valence-electron chi connectivity index (χ4n) is 6.92. The first-order valence-corrected chi connectivity index (χ1v) is 21.1. The second-order valence-electron chi connectivity index (χ2n) is 14.4. The van der Waals surface area contributed by atoms with Gasteiger partial charge in [-0.05, 0) is 67.3 Å². The monoisotopic (exact) mass is 767 g/mol. The number of sulfone groups is 1. The first-order valence-electron chi connectivity index (χ1n) is 18.3. The Hall–Kier alpha value is -4.23. The van der Waals surface area contributed by atoms with Gasteiger partial charge in [0.2, 0.25) is 5.91 Å². The topological polar surface area (TPSA) is 162 Å². The number of phenolic OH excluding ortho intramolecular Hbond substituents is 1. The van der Waals surface area contributed by atoms with Crippen LogP contribution < -0.4 is 20.5 Å². The Labute approximate surface area is 317 Å². The highest BCUT2D eigenvalue weighted by Crippen LogP contribution is 2.47. The zero-order chi connectivity index (χ0) is 38.8. The molecule has 1 aliphatic rings. The van der Waals surface area contributed by atoms with Crippen molar-refractivity contribution in [3.8, 4) is 11.5 Å². The Bertz CT molecular complexity index is 1810. The lowest BCUT2D eigenvalue weighted by molar-refractivity contribution is -0.142. The third-order valence-electron chi connectivity index (χ3n) is 9.65. The summed E-state index contributed by atoms with van der Waals surface area (Å²) in [6, 6.07) is 17.6. The van der Waals surface area contributed by atoms with Crippen LogP contribution in [0.5, 0.6) is 11.5 Å². The molecule has 4 rings (SSSR count). The predicted molar refractivity (Wildman–Crippen MR) is 208 cm³/mol. The Morgan fingerprint density at radius 1 is 0.981 bits per heavy atom. The van der Waals surface area contributed by atoms with E-state index in [1.165, 1.54) is 42.1 Å². The third kappa shape index (κ3) is 10.9. The van der Waals surface area contributed by atoms with Crippen molar-refractivity contribution in [3.05, 3.63) is 72.3 Å². The molecule has 1 aliphatic heterocycles. The highest BCUT2D eigenvalue weighted by molar-refractivity contribution is 7.98. The summed E-state index contributed by atoms with van der Waals surface area (Å²) in [5.41, 5.74) is 3.75. The van der Waals surface area contributed by atoms with Crippen LogP contribution in [0, 0.1) is 11.3 Å². The van der Waals surface area contributed by atoms with Gasteiger partial charge in [0.1, 0.15) is 11.8 Å². The van der Waals surface area contributed by atoms with Crippen molar-refractivity contribution in [2.45, 2.75) is 101 Å². The maximum absolute atomic E-state index is 14.4. The quantitative estimate of drug-likeness (QED) is 0.0749. The summed E-state index contributed by atoms with van der Waals surface area (Å²) in [6.45, 7) is 8.45. The van der Waals surface area contributed by atoms with Crippen LogP contribution in [0.15, 0.2) is 76.5 Å². The molecule has 3 aromatic rings. The molecule has 0 fully saturated rings. The third-order valence-corrected chi connectivity index (χ3v) is 12.4. The fraction of sp³-hybridized carbons (Fsp3) is 0.475. The first kappa shape index (κ1) is 41.5. The van der Waals surface area contributed by atoms with Gasteiger partial charge in [0.15, 0.2) is 15.6 Å². The van der Waals surface area contributed by atoms with Crippen molar-refractivity contribution < 1.29 is 37.9 Å². The summed E-state index contributed by atoms with van der Waals surface area (Å²) in [6.07, 6.45) is 6.88. The second kappa shape index (κ2) is 18.7. The van der Waals surface area contributed by atoms with Gasteiger partial charge in [0.25, 0.3) is 5.91 Å². The number of hydrogen-bond donors (Lipinski definition) is 4. The van der Waals surface area contributed by atoms with Crippen LogP contribution in [0.25, 0.3) is 0 Å². The molecular formula is C40H53N3O8S2. The number of carbonyl (C=O) groups is 3. The van der Waals surface area contributed by atoms with Crippen molar-refractivity contribution >= 4 is 50.8 Å². The number of anilines is 2. The molecular weight excluding hydrogens is 715 g/mol. The lowest BCUT2D eigenvalue weighted by atomic mass is 9.79. The van der Waals surface area contributed by atoms with Gasteiger partial charge in [-0.25, -0.2) is 13.2 Å². The van der Waals surface area contributed by atoms with E-state index in [0.29, 0.717) is 22.7 Å². The molecule has 1 heterocycles. The van der Waals surface area contributed by atoms with Crippen LogP contribution in [-0.4, -0.2) is 61.0 Å². The number of amides is 2. The van der Waals surface area contributed by atoms with Gasteiger partial charge >= 0.3 is 5.97 Å². The van der Waals surface area contributed by atoms with Gasteiger partial charge in [-0.2, -0.15) is 5.48 Å². The second-order valence-corrected chi connectivity index (χ2v) is 17.2. The standard InChI is InChI=1S/C40H53N3O8S2/c1-6-8-19-40(20-9-7-2)25-43(29-13-11-10-12-14-29)33-23-35(52-5)34(24-36(33)53(49,50)26-40)51-42-37(45)22-31(28-15-17-30(44)18-16-28)38(46)41-32(39(47)48)21-27(3)4/h10-18,23-24,27,31-32,44H,6-9,19-22,25-26H2,1-5H3,(H,41,46)(H,42,45)(H,47,48). The van der Waals surface area contributed by atoms with Crippen LogP contribution >= 0.6 is 11.8 Å². The maximum Gasteiger partial charge on any atom is 0.326 e. The van der Waals surface area contributed by atoms with Crippen molar-refractivity contribution in [2.75, 3.05) is 23.5 Å². The van der Waals surface area contributed by atoms with E-state index in [4.69, 9.17) is 4.84 Å². The summed E-state index contributed by atoms with van der Waals surface area (Å²) in [5, 5.41) is 22.1. The number of unbranched alkanes of at least 4 members (excludes halogenated alkanes) is 2. The number of thioether (sulfide) groups is 1. The number of carbonyl (C=O) groups excluding carboxylic acids is 2. The Morgan fingerprint density at radius 3 is 2.19 bits per heavy atom. The first-order chi connectivity index (χ1) is 25.2. The van der Waals surface area contributed by atoms with Gasteiger partial charge in [-0.3, -0.25) is 9.59 Å². The number of phenols is 1. The Morgan fingerprint density at radius 2 is 1.62 bits per heavy atom. The van der Waals surface area contributed by atoms with Gasteiger partial charge in [-0.15, -0.1) is 11.8 Å². The number of para-hydroxylation sites is 1. The molecule has 0 aliphatic carbocycles. The van der Waals surface area contributed by atoms with E-state index in [9.17, 15) is 33.0 Å². The molecule has 13 heteroatoms. The van der Waals surface area contributed by atoms with Crippen molar-refractivity contribution in [3.63, 3.8) is 0 Å². The molecule has 0 bridgehead atoms. The number of nitrogens with zero attached hydrogens (tertiary/aromatic N) is 1. The van der Waals surface area contributed by atoms with E-state index >= 15 is 0 Å².